The van der Waals surface area contributed by atoms with E-state index in [4.69, 9.17) is 9.72 Å². The van der Waals surface area contributed by atoms with Crippen LogP contribution in [0.4, 0.5) is 5.13 Å². The maximum absolute atomic E-state index is 12.7. The molecule has 0 N–H and O–H groups in total. The smallest absolute Gasteiger partial charge is 0.228 e. The fourth-order valence-corrected chi connectivity index (χ4v) is 4.19. The Hall–Kier alpha value is -1.50. The number of para-hydroxylation sites is 1. The number of benzene rings is 1. The van der Waals surface area contributed by atoms with Crippen molar-refractivity contribution in [2.24, 2.45) is 0 Å². The molecule has 1 aliphatic heterocycles. The number of rotatable bonds is 7. The highest BCUT2D eigenvalue weighted by Crippen LogP contribution is 2.31. The topological polar surface area (TPSA) is 45.7 Å². The molecule has 0 radical (unpaired) electrons. The van der Waals surface area contributed by atoms with E-state index < -0.39 is 0 Å². The van der Waals surface area contributed by atoms with E-state index >= 15 is 0 Å². The van der Waals surface area contributed by atoms with Crippen molar-refractivity contribution in [3.05, 3.63) is 23.8 Å². The molecule has 0 bridgehead atoms. The fourth-order valence-electron chi connectivity index (χ4n) is 3.14. The predicted molar refractivity (Wildman–Crippen MR) is 104 cm³/mol. The lowest BCUT2D eigenvalue weighted by molar-refractivity contribution is -0.118. The lowest BCUT2D eigenvalue weighted by Crippen LogP contribution is -2.43. The van der Waals surface area contributed by atoms with Gasteiger partial charge in [-0.05, 0) is 24.5 Å². The van der Waals surface area contributed by atoms with Gasteiger partial charge in [0, 0.05) is 32.6 Å². The Morgan fingerprint density at radius 2 is 2.12 bits per heavy atom. The summed E-state index contributed by atoms with van der Waals surface area (Å²) < 4.78 is 6.57. The molecule has 1 aromatic heterocycles. The van der Waals surface area contributed by atoms with Crippen LogP contribution in [0.1, 0.15) is 32.3 Å². The molecule has 0 aliphatic carbocycles. The molecule has 3 rings (SSSR count). The predicted octanol–water partition coefficient (Wildman–Crippen LogP) is 3.32. The number of ether oxygens (including phenoxy) is 1. The molecule has 0 saturated carbocycles. The quantitative estimate of drug-likeness (QED) is 0.759. The summed E-state index contributed by atoms with van der Waals surface area (Å²) in [4.78, 5) is 21.8. The monoisotopic (exact) mass is 361 g/mol. The highest BCUT2D eigenvalue weighted by molar-refractivity contribution is 7.22. The second kappa shape index (κ2) is 8.74. The number of hydrogen-bond donors (Lipinski definition) is 0. The highest BCUT2D eigenvalue weighted by Gasteiger charge is 2.21. The van der Waals surface area contributed by atoms with E-state index in [9.17, 15) is 4.79 Å². The van der Waals surface area contributed by atoms with Gasteiger partial charge in [0.2, 0.25) is 5.91 Å². The van der Waals surface area contributed by atoms with E-state index in [1.54, 1.807) is 11.3 Å². The molecule has 1 saturated heterocycles. The molecule has 0 atom stereocenters. The van der Waals surface area contributed by atoms with Crippen LogP contribution in [0.5, 0.6) is 0 Å². The molecule has 0 spiro atoms. The molecule has 1 amide bonds. The zero-order chi connectivity index (χ0) is 17.6. The number of fused-ring (bicyclic) bond motifs is 1. The highest BCUT2D eigenvalue weighted by atomic mass is 32.1. The Balaban J connectivity index is 1.81. The number of morpholine rings is 1. The van der Waals surface area contributed by atoms with Crippen molar-refractivity contribution in [3.8, 4) is 0 Å². The molecule has 6 heteroatoms. The third-order valence-corrected chi connectivity index (χ3v) is 5.66. The second-order valence-electron chi connectivity index (χ2n) is 6.36. The minimum Gasteiger partial charge on any atom is -0.379 e. The van der Waals surface area contributed by atoms with Crippen molar-refractivity contribution in [2.45, 2.75) is 33.1 Å². The van der Waals surface area contributed by atoms with Crippen LogP contribution in [0.25, 0.3) is 10.2 Å². The maximum atomic E-state index is 12.7. The molecular formula is C19H27N3O2S. The second-order valence-corrected chi connectivity index (χ2v) is 7.37. The Bertz CT molecular complexity index is 710. The van der Waals surface area contributed by atoms with Crippen LogP contribution in [0.15, 0.2) is 18.2 Å². The first-order valence-corrected chi connectivity index (χ1v) is 10.0. The Morgan fingerprint density at radius 1 is 1.32 bits per heavy atom. The van der Waals surface area contributed by atoms with Crippen molar-refractivity contribution in [1.29, 1.82) is 0 Å². The molecule has 25 heavy (non-hydrogen) atoms. The molecule has 2 aromatic rings. The van der Waals surface area contributed by atoms with Gasteiger partial charge in [-0.2, -0.15) is 0 Å². The van der Waals surface area contributed by atoms with Gasteiger partial charge < -0.3 is 4.74 Å². The van der Waals surface area contributed by atoms with Gasteiger partial charge in [-0.25, -0.2) is 4.98 Å². The molecule has 5 nitrogen and oxygen atoms in total. The lowest BCUT2D eigenvalue weighted by atomic mass is 10.1. The normalized spacial score (nSPS) is 15.6. The average Bonchev–Trinajstić information content (AvgIpc) is 3.06. The number of thiazole rings is 1. The summed E-state index contributed by atoms with van der Waals surface area (Å²) in [7, 11) is 0. The summed E-state index contributed by atoms with van der Waals surface area (Å²) in [5, 5.41) is 0.836. The van der Waals surface area contributed by atoms with E-state index in [1.807, 2.05) is 11.8 Å². The summed E-state index contributed by atoms with van der Waals surface area (Å²) >= 11 is 1.63. The van der Waals surface area contributed by atoms with Gasteiger partial charge in [-0.15, -0.1) is 0 Å². The van der Waals surface area contributed by atoms with Crippen molar-refractivity contribution >= 4 is 32.6 Å². The van der Waals surface area contributed by atoms with Gasteiger partial charge in [0.25, 0.3) is 0 Å². The Morgan fingerprint density at radius 3 is 2.84 bits per heavy atom. The van der Waals surface area contributed by atoms with Crippen LogP contribution >= 0.6 is 11.3 Å². The number of aryl methyl sites for hydroxylation is 1. The number of anilines is 1. The lowest BCUT2D eigenvalue weighted by Gasteiger charge is -2.29. The van der Waals surface area contributed by atoms with Crippen molar-refractivity contribution < 1.29 is 9.53 Å². The van der Waals surface area contributed by atoms with Gasteiger partial charge >= 0.3 is 0 Å². The van der Waals surface area contributed by atoms with Crippen molar-refractivity contribution in [2.75, 3.05) is 44.3 Å². The first kappa shape index (κ1) is 18.3. The van der Waals surface area contributed by atoms with Crippen LogP contribution < -0.4 is 4.90 Å². The third-order valence-electron chi connectivity index (χ3n) is 4.61. The molecule has 0 unspecified atom stereocenters. The number of amides is 1. The van der Waals surface area contributed by atoms with Gasteiger partial charge in [-0.3, -0.25) is 14.6 Å². The summed E-state index contributed by atoms with van der Waals surface area (Å²) in [6.45, 7) is 9.20. The summed E-state index contributed by atoms with van der Waals surface area (Å²) in [6, 6.07) is 6.30. The number of nitrogens with zero attached hydrogens (tertiary/aromatic N) is 3. The van der Waals surface area contributed by atoms with Gasteiger partial charge in [0.15, 0.2) is 5.13 Å². The number of carbonyl (C=O) groups is 1. The molecular weight excluding hydrogens is 334 g/mol. The number of carbonyl (C=O) groups excluding carboxylic acids is 1. The molecule has 1 fully saturated rings. The zero-order valence-corrected chi connectivity index (χ0v) is 16.0. The van der Waals surface area contributed by atoms with E-state index in [1.165, 1.54) is 5.56 Å². The van der Waals surface area contributed by atoms with Crippen LogP contribution in [-0.4, -0.2) is 55.2 Å². The Labute approximate surface area is 153 Å². The molecule has 136 valence electrons. The van der Waals surface area contributed by atoms with E-state index in [2.05, 4.69) is 30.0 Å². The first-order valence-electron chi connectivity index (χ1n) is 9.21. The third kappa shape index (κ3) is 4.37. The van der Waals surface area contributed by atoms with Gasteiger partial charge in [-0.1, -0.05) is 37.3 Å². The summed E-state index contributed by atoms with van der Waals surface area (Å²) in [5.41, 5.74) is 2.29. The maximum Gasteiger partial charge on any atom is 0.228 e. The molecule has 1 aromatic carbocycles. The van der Waals surface area contributed by atoms with E-state index in [-0.39, 0.29) is 5.91 Å². The van der Waals surface area contributed by atoms with Crippen molar-refractivity contribution in [1.82, 2.24) is 9.88 Å². The van der Waals surface area contributed by atoms with E-state index in [0.717, 1.165) is 61.0 Å². The van der Waals surface area contributed by atoms with E-state index in [0.29, 0.717) is 13.0 Å². The van der Waals surface area contributed by atoms with Crippen molar-refractivity contribution in [3.63, 3.8) is 0 Å². The largest absolute Gasteiger partial charge is 0.379 e. The van der Waals surface area contributed by atoms with Crippen LogP contribution in [0.3, 0.4) is 0 Å². The average molecular weight is 362 g/mol. The SMILES string of the molecule is CCCC(=O)N(CCN1CCOCC1)c1nc2c(CC)cccc2s1. The summed E-state index contributed by atoms with van der Waals surface area (Å²) in [5.74, 6) is 0.174. The number of hydrogen-bond acceptors (Lipinski definition) is 5. The van der Waals surface area contributed by atoms with Crippen LogP contribution in [0.2, 0.25) is 0 Å². The zero-order valence-electron chi connectivity index (χ0n) is 15.2. The van der Waals surface area contributed by atoms with Crippen LogP contribution in [0, 0.1) is 0 Å². The first-order chi connectivity index (χ1) is 12.2. The standard InChI is InChI=1S/C19H27N3O2S/c1-3-6-17(23)22(10-9-21-11-13-24-14-12-21)19-20-18-15(4-2)7-5-8-16(18)25-19/h5,7-8H,3-4,6,9-14H2,1-2H3. The summed E-state index contributed by atoms with van der Waals surface area (Å²) in [6.07, 6.45) is 2.38. The van der Waals surface area contributed by atoms with Crippen LogP contribution in [-0.2, 0) is 16.0 Å². The van der Waals surface area contributed by atoms with Gasteiger partial charge in [0.1, 0.15) is 0 Å². The minimum atomic E-state index is 0.174. The minimum absolute atomic E-state index is 0.174. The molecule has 2 heterocycles. The Kier molecular flexibility index (Phi) is 6.39. The molecule has 1 aliphatic rings. The van der Waals surface area contributed by atoms with Gasteiger partial charge in [0.05, 0.1) is 23.4 Å². The fraction of sp³-hybridized carbons (Fsp3) is 0.579. The number of aromatic nitrogens is 1.